The Bertz CT molecular complexity index is 274. The summed E-state index contributed by atoms with van der Waals surface area (Å²) in [4.78, 5) is 4.19. The number of hydrogen-bond donors (Lipinski definition) is 2. The Balaban J connectivity index is 0.00000361. The minimum atomic E-state index is 0. The lowest BCUT2D eigenvalue weighted by molar-refractivity contribution is -0.0971. The number of rotatable bonds is 9. The van der Waals surface area contributed by atoms with Crippen molar-refractivity contribution in [3.63, 3.8) is 0 Å². The summed E-state index contributed by atoms with van der Waals surface area (Å²) < 4.78 is 15.5. The molecule has 0 aromatic rings. The zero-order valence-corrected chi connectivity index (χ0v) is 15.1. The molecule has 0 spiro atoms. The van der Waals surface area contributed by atoms with Gasteiger partial charge in [0.25, 0.3) is 0 Å². The molecule has 1 heterocycles. The molecule has 0 aromatic carbocycles. The number of nitrogens with zero attached hydrogens (tertiary/aromatic N) is 1. The standard InChI is InChI=1S/C13H27N3O3.HI/c1-13(10-19-11-13)9-16-12(14-2)15-5-4-6-18-8-7-17-3;/h4-11H2,1-3H3,(H2,14,15,16);1H. The molecule has 0 bridgehead atoms. The van der Waals surface area contributed by atoms with Crippen molar-refractivity contribution in [2.75, 3.05) is 60.3 Å². The van der Waals surface area contributed by atoms with E-state index in [1.807, 2.05) is 0 Å². The second-order valence-electron chi connectivity index (χ2n) is 5.11. The Kier molecular flexibility index (Phi) is 11.5. The van der Waals surface area contributed by atoms with Gasteiger partial charge in [0.05, 0.1) is 26.4 Å². The molecular formula is C13H28IN3O3. The first-order chi connectivity index (χ1) is 9.20. The van der Waals surface area contributed by atoms with Crippen LogP contribution in [0.5, 0.6) is 0 Å². The van der Waals surface area contributed by atoms with Crippen LogP contribution >= 0.6 is 24.0 Å². The Morgan fingerprint density at radius 1 is 1.25 bits per heavy atom. The molecule has 2 N–H and O–H groups in total. The zero-order chi connectivity index (χ0) is 14.0. The van der Waals surface area contributed by atoms with E-state index in [2.05, 4.69) is 22.5 Å². The highest BCUT2D eigenvalue weighted by molar-refractivity contribution is 14.0. The van der Waals surface area contributed by atoms with E-state index in [4.69, 9.17) is 14.2 Å². The third kappa shape index (κ3) is 8.23. The molecule has 7 heteroatoms. The van der Waals surface area contributed by atoms with Crippen LogP contribution in [0.15, 0.2) is 4.99 Å². The van der Waals surface area contributed by atoms with Gasteiger partial charge in [0.1, 0.15) is 0 Å². The van der Waals surface area contributed by atoms with Gasteiger partial charge in [0.15, 0.2) is 5.96 Å². The van der Waals surface area contributed by atoms with E-state index in [9.17, 15) is 0 Å². The number of hydrogen-bond acceptors (Lipinski definition) is 4. The van der Waals surface area contributed by atoms with Crippen molar-refractivity contribution in [2.45, 2.75) is 13.3 Å². The fourth-order valence-electron chi connectivity index (χ4n) is 1.70. The topological polar surface area (TPSA) is 64.1 Å². The summed E-state index contributed by atoms with van der Waals surface area (Å²) >= 11 is 0. The van der Waals surface area contributed by atoms with E-state index in [0.29, 0.717) is 13.2 Å². The molecule has 0 aliphatic carbocycles. The van der Waals surface area contributed by atoms with Gasteiger partial charge in [-0.1, -0.05) is 6.92 Å². The lowest BCUT2D eigenvalue weighted by Gasteiger charge is -2.38. The molecule has 1 saturated heterocycles. The highest BCUT2D eigenvalue weighted by Gasteiger charge is 2.33. The summed E-state index contributed by atoms with van der Waals surface area (Å²) in [7, 11) is 3.46. The Hall–Kier alpha value is -0.120. The first-order valence-corrected chi connectivity index (χ1v) is 6.79. The lowest BCUT2D eigenvalue weighted by Crippen LogP contribution is -2.51. The largest absolute Gasteiger partial charge is 0.382 e. The van der Waals surface area contributed by atoms with Crippen molar-refractivity contribution in [2.24, 2.45) is 10.4 Å². The van der Waals surface area contributed by atoms with Crippen LogP contribution in [0.1, 0.15) is 13.3 Å². The van der Waals surface area contributed by atoms with Gasteiger partial charge >= 0.3 is 0 Å². The van der Waals surface area contributed by atoms with E-state index in [1.165, 1.54) is 0 Å². The zero-order valence-electron chi connectivity index (χ0n) is 12.7. The minimum Gasteiger partial charge on any atom is -0.382 e. The maximum atomic E-state index is 5.39. The minimum absolute atomic E-state index is 0. The fraction of sp³-hybridized carbons (Fsp3) is 0.923. The fourth-order valence-corrected chi connectivity index (χ4v) is 1.70. The van der Waals surface area contributed by atoms with Gasteiger partial charge in [0, 0.05) is 39.3 Å². The normalized spacial score (nSPS) is 17.1. The molecule has 1 aliphatic heterocycles. The number of methoxy groups -OCH3 is 1. The number of nitrogens with one attached hydrogen (secondary N) is 2. The molecule has 1 rings (SSSR count). The van der Waals surface area contributed by atoms with Gasteiger partial charge in [-0.2, -0.15) is 0 Å². The van der Waals surface area contributed by atoms with Crippen LogP contribution < -0.4 is 10.6 Å². The van der Waals surface area contributed by atoms with Gasteiger partial charge in [0.2, 0.25) is 0 Å². The number of aliphatic imine (C=N–C) groups is 1. The van der Waals surface area contributed by atoms with Crippen LogP contribution in [0.3, 0.4) is 0 Å². The molecule has 20 heavy (non-hydrogen) atoms. The van der Waals surface area contributed by atoms with Crippen LogP contribution in [0.25, 0.3) is 0 Å². The van der Waals surface area contributed by atoms with Gasteiger partial charge in [-0.15, -0.1) is 24.0 Å². The molecule has 0 amide bonds. The molecule has 0 radical (unpaired) electrons. The molecule has 0 atom stereocenters. The first-order valence-electron chi connectivity index (χ1n) is 6.79. The summed E-state index contributed by atoms with van der Waals surface area (Å²) in [5.41, 5.74) is 0.251. The van der Waals surface area contributed by atoms with Crippen LogP contribution in [-0.4, -0.2) is 66.2 Å². The average molecular weight is 401 g/mol. The van der Waals surface area contributed by atoms with Crippen molar-refractivity contribution in [3.05, 3.63) is 0 Å². The van der Waals surface area contributed by atoms with Gasteiger partial charge < -0.3 is 24.8 Å². The first kappa shape index (κ1) is 19.9. The van der Waals surface area contributed by atoms with Crippen molar-refractivity contribution in [1.82, 2.24) is 10.6 Å². The van der Waals surface area contributed by atoms with Crippen LogP contribution in [0.4, 0.5) is 0 Å². The lowest BCUT2D eigenvalue weighted by atomic mass is 9.89. The molecule has 120 valence electrons. The van der Waals surface area contributed by atoms with Crippen molar-refractivity contribution in [1.29, 1.82) is 0 Å². The van der Waals surface area contributed by atoms with Gasteiger partial charge in [-0.05, 0) is 6.42 Å². The average Bonchev–Trinajstić information content (AvgIpc) is 2.39. The van der Waals surface area contributed by atoms with E-state index in [-0.39, 0.29) is 29.4 Å². The maximum Gasteiger partial charge on any atom is 0.191 e. The summed E-state index contributed by atoms with van der Waals surface area (Å²) in [5, 5.41) is 6.59. The van der Waals surface area contributed by atoms with Crippen molar-refractivity contribution in [3.8, 4) is 0 Å². The SMILES string of the molecule is CN=C(NCCCOCCOC)NCC1(C)COC1.I. The Morgan fingerprint density at radius 2 is 2.00 bits per heavy atom. The molecule has 0 saturated carbocycles. The van der Waals surface area contributed by atoms with Crippen LogP contribution in [0, 0.1) is 5.41 Å². The Morgan fingerprint density at radius 3 is 2.55 bits per heavy atom. The Labute approximate surface area is 139 Å². The number of halogens is 1. The highest BCUT2D eigenvalue weighted by atomic mass is 127. The molecule has 0 unspecified atom stereocenters. The molecule has 1 fully saturated rings. The maximum absolute atomic E-state index is 5.39. The molecular weight excluding hydrogens is 373 g/mol. The van der Waals surface area contributed by atoms with Gasteiger partial charge in [-0.25, -0.2) is 0 Å². The van der Waals surface area contributed by atoms with E-state index in [1.54, 1.807) is 14.2 Å². The number of ether oxygens (including phenoxy) is 3. The second kappa shape index (κ2) is 11.5. The summed E-state index contributed by atoms with van der Waals surface area (Å²) in [6, 6.07) is 0. The van der Waals surface area contributed by atoms with Crippen molar-refractivity contribution >= 4 is 29.9 Å². The summed E-state index contributed by atoms with van der Waals surface area (Å²) in [6.07, 6.45) is 0.949. The smallest absolute Gasteiger partial charge is 0.191 e. The van der Waals surface area contributed by atoms with Crippen LogP contribution in [0.2, 0.25) is 0 Å². The highest BCUT2D eigenvalue weighted by Crippen LogP contribution is 2.24. The molecule has 6 nitrogen and oxygen atoms in total. The van der Waals surface area contributed by atoms with Crippen molar-refractivity contribution < 1.29 is 14.2 Å². The van der Waals surface area contributed by atoms with E-state index < -0.39 is 0 Å². The quantitative estimate of drug-likeness (QED) is 0.260. The predicted molar refractivity (Wildman–Crippen MR) is 91.0 cm³/mol. The predicted octanol–water partition coefficient (Wildman–Crippen LogP) is 0.859. The van der Waals surface area contributed by atoms with Crippen LogP contribution in [-0.2, 0) is 14.2 Å². The molecule has 1 aliphatic rings. The summed E-state index contributed by atoms with van der Waals surface area (Å²) in [5.74, 6) is 0.838. The monoisotopic (exact) mass is 401 g/mol. The number of guanidine groups is 1. The summed E-state index contributed by atoms with van der Waals surface area (Å²) in [6.45, 7) is 7.63. The second-order valence-corrected chi connectivity index (χ2v) is 5.11. The van der Waals surface area contributed by atoms with E-state index in [0.717, 1.165) is 45.3 Å². The van der Waals surface area contributed by atoms with E-state index >= 15 is 0 Å². The third-order valence-corrected chi connectivity index (χ3v) is 3.00. The third-order valence-electron chi connectivity index (χ3n) is 3.00. The molecule has 0 aromatic heterocycles. The van der Waals surface area contributed by atoms with Gasteiger partial charge in [-0.3, -0.25) is 4.99 Å².